The van der Waals surface area contributed by atoms with Crippen molar-refractivity contribution in [2.75, 3.05) is 0 Å². The lowest BCUT2D eigenvalue weighted by atomic mass is 10.2. The topological polar surface area (TPSA) is 92.3 Å². The molecule has 0 spiro atoms. The molecule has 5 aromatic carbocycles. The lowest BCUT2D eigenvalue weighted by Gasteiger charge is -2.21. The first-order chi connectivity index (χ1) is 32.2. The fourth-order valence-corrected chi connectivity index (χ4v) is 14.0. The SMILES string of the molecule is c1ccc2c(c1)Oc1csc(-c3sc(-c4sc(-c5sc(-c6scc7c6Oc6ccccc6O7)c6c5Oc5ccccc5O6)c5c4Oc4ccccc4O5)c4c3Oc3ccccc3O4)c1O2. The molecule has 0 unspecified atom stereocenters. The largest absolute Gasteiger partial charge is 0.449 e. The normalized spacial score (nSPS) is 13.5. The standard InChI is InChI=1S/C50H22O10S5/c1-3-13-25-23(11-1)51-33-21-61-43(35(33)53-25)45-37-39(57-29-17-7-5-15-27(29)55-37)47(63-45)49-41-42(60-32-20-10-9-19-31(32)59-41)50(65-49)48-40-38(56-28-16-6-8-18-30(28)58-40)46(64-48)44-36-34(22-62-44)52-24-12-2-4-14-26(24)54-36/h1-22H. The van der Waals surface area contributed by atoms with Gasteiger partial charge in [0.05, 0.1) is 39.0 Å². The Morgan fingerprint density at radius 2 is 0.400 bits per heavy atom. The molecule has 0 amide bonds. The second-order valence-electron chi connectivity index (χ2n) is 15.0. The Kier molecular flexibility index (Phi) is 7.51. The Labute approximate surface area is 387 Å². The summed E-state index contributed by atoms with van der Waals surface area (Å²) in [6.45, 7) is 0. The maximum Gasteiger partial charge on any atom is 0.190 e. The number of hydrogen-bond donors (Lipinski definition) is 0. The highest BCUT2D eigenvalue weighted by Crippen LogP contribution is 2.71. The number of ether oxygens (including phenoxy) is 10. The van der Waals surface area contributed by atoms with Gasteiger partial charge in [-0.25, -0.2) is 0 Å². The van der Waals surface area contributed by atoms with Crippen molar-refractivity contribution in [2.24, 2.45) is 0 Å². The van der Waals surface area contributed by atoms with Crippen LogP contribution < -0.4 is 47.4 Å². The first-order valence-electron chi connectivity index (χ1n) is 20.2. The maximum absolute atomic E-state index is 6.89. The maximum atomic E-state index is 6.89. The lowest BCUT2D eigenvalue weighted by molar-refractivity contribution is 0.358. The van der Waals surface area contributed by atoms with E-state index in [1.165, 1.54) is 56.7 Å². The number of thiophene rings is 5. The van der Waals surface area contributed by atoms with Gasteiger partial charge in [-0.05, 0) is 60.7 Å². The second-order valence-corrected chi connectivity index (χ2v) is 19.8. The van der Waals surface area contributed by atoms with Gasteiger partial charge in [0.1, 0.15) is 0 Å². The van der Waals surface area contributed by atoms with Crippen molar-refractivity contribution in [3.8, 4) is 154 Å². The van der Waals surface area contributed by atoms with Crippen LogP contribution in [0.2, 0.25) is 0 Å². The first kappa shape index (κ1) is 36.0. The fourth-order valence-electron chi connectivity index (χ4n) is 8.18. The zero-order chi connectivity index (χ0) is 42.3. The third-order valence-electron chi connectivity index (χ3n) is 11.1. The number of rotatable bonds is 4. The van der Waals surface area contributed by atoms with E-state index in [9.17, 15) is 0 Å². The minimum Gasteiger partial charge on any atom is -0.449 e. The minimum absolute atomic E-state index is 0.533. The van der Waals surface area contributed by atoms with Crippen LogP contribution in [-0.2, 0) is 0 Å². The number of hydrogen-bond acceptors (Lipinski definition) is 15. The molecule has 0 bridgehead atoms. The Hall–Kier alpha value is -7.40. The van der Waals surface area contributed by atoms with E-state index in [1.54, 1.807) is 0 Å². The molecule has 0 atom stereocenters. The van der Waals surface area contributed by atoms with Crippen molar-refractivity contribution in [3.63, 3.8) is 0 Å². The zero-order valence-corrected chi connectivity index (χ0v) is 36.9. The van der Waals surface area contributed by atoms with E-state index in [0.717, 1.165) is 39.0 Å². The molecular formula is C50H22O10S5. The summed E-state index contributed by atoms with van der Waals surface area (Å²) in [7, 11) is 0. The average Bonchev–Trinajstić information content (AvgIpc) is 4.19. The molecule has 5 aliphatic rings. The Morgan fingerprint density at radius 3 is 0.646 bits per heavy atom. The molecule has 0 N–H and O–H groups in total. The molecule has 10 aromatic rings. The van der Waals surface area contributed by atoms with E-state index in [4.69, 9.17) is 47.4 Å². The molecule has 0 aliphatic carbocycles. The summed E-state index contributed by atoms with van der Waals surface area (Å²) in [5.74, 6) is 11.9. The van der Waals surface area contributed by atoms with E-state index in [2.05, 4.69) is 0 Å². The zero-order valence-electron chi connectivity index (χ0n) is 32.8. The number of fused-ring (bicyclic) bond motifs is 10. The van der Waals surface area contributed by atoms with Crippen molar-refractivity contribution in [1.29, 1.82) is 0 Å². The first-order valence-corrected chi connectivity index (χ1v) is 24.4. The molecule has 10 heterocycles. The summed E-state index contributed by atoms with van der Waals surface area (Å²) in [4.78, 5) is 6.42. The Balaban J connectivity index is 0.940. The number of benzene rings is 5. The molecule has 312 valence electrons. The summed E-state index contributed by atoms with van der Waals surface area (Å²) in [6.07, 6.45) is 0. The third-order valence-corrected chi connectivity index (χ3v) is 17.1. The van der Waals surface area contributed by atoms with Gasteiger partial charge in [-0.1, -0.05) is 60.7 Å². The van der Waals surface area contributed by atoms with Crippen LogP contribution in [0.25, 0.3) is 39.0 Å². The van der Waals surface area contributed by atoms with E-state index < -0.39 is 0 Å². The molecule has 15 rings (SSSR count). The van der Waals surface area contributed by atoms with E-state index >= 15 is 0 Å². The van der Waals surface area contributed by atoms with Crippen molar-refractivity contribution < 1.29 is 47.4 Å². The highest BCUT2D eigenvalue weighted by molar-refractivity contribution is 7.30. The molecule has 10 nitrogen and oxygen atoms in total. The van der Waals surface area contributed by atoms with E-state index in [1.807, 2.05) is 132 Å². The van der Waals surface area contributed by atoms with E-state index in [0.29, 0.717) is 115 Å². The van der Waals surface area contributed by atoms with Gasteiger partial charge in [0.2, 0.25) is 0 Å². The molecule has 5 aliphatic heterocycles. The highest BCUT2D eigenvalue weighted by Gasteiger charge is 2.41. The van der Waals surface area contributed by atoms with Gasteiger partial charge in [0.15, 0.2) is 115 Å². The van der Waals surface area contributed by atoms with Crippen LogP contribution >= 0.6 is 56.7 Å². The Morgan fingerprint density at radius 1 is 0.200 bits per heavy atom. The van der Waals surface area contributed by atoms with Crippen LogP contribution in [0.3, 0.4) is 0 Å². The van der Waals surface area contributed by atoms with Gasteiger partial charge >= 0.3 is 0 Å². The van der Waals surface area contributed by atoms with Gasteiger partial charge < -0.3 is 47.4 Å². The third kappa shape index (κ3) is 5.35. The summed E-state index contributed by atoms with van der Waals surface area (Å²) >= 11 is 7.60. The van der Waals surface area contributed by atoms with Gasteiger partial charge in [-0.15, -0.1) is 56.7 Å². The van der Waals surface area contributed by atoms with Crippen LogP contribution in [0.4, 0.5) is 0 Å². The Bertz CT molecular complexity index is 3430. The molecule has 0 saturated carbocycles. The highest BCUT2D eigenvalue weighted by atomic mass is 32.1. The molecule has 0 fully saturated rings. The van der Waals surface area contributed by atoms with Crippen LogP contribution in [0.15, 0.2) is 132 Å². The van der Waals surface area contributed by atoms with Crippen LogP contribution in [0.5, 0.6) is 115 Å². The van der Waals surface area contributed by atoms with Crippen LogP contribution in [0.1, 0.15) is 0 Å². The minimum atomic E-state index is 0.533. The molecule has 65 heavy (non-hydrogen) atoms. The molecule has 15 heteroatoms. The monoisotopic (exact) mass is 942 g/mol. The summed E-state index contributed by atoms with van der Waals surface area (Å²) in [5.41, 5.74) is 0. The van der Waals surface area contributed by atoms with Crippen LogP contribution in [-0.4, -0.2) is 0 Å². The quantitative estimate of drug-likeness (QED) is 0.170. The average molecular weight is 943 g/mol. The fraction of sp³-hybridized carbons (Fsp3) is 0. The van der Waals surface area contributed by atoms with Gasteiger partial charge in [0, 0.05) is 10.8 Å². The number of para-hydroxylation sites is 10. The van der Waals surface area contributed by atoms with Gasteiger partial charge in [-0.2, -0.15) is 0 Å². The summed E-state index contributed by atoms with van der Waals surface area (Å²) in [6, 6.07) is 38.2. The lowest BCUT2D eigenvalue weighted by Crippen LogP contribution is -2.00. The second kappa shape index (κ2) is 13.6. The summed E-state index contributed by atoms with van der Waals surface area (Å²) in [5, 5.41) is 3.92. The molecule has 5 aromatic heterocycles. The molecule has 0 saturated heterocycles. The van der Waals surface area contributed by atoms with Crippen molar-refractivity contribution >= 4 is 56.7 Å². The van der Waals surface area contributed by atoms with Crippen molar-refractivity contribution in [1.82, 2.24) is 0 Å². The van der Waals surface area contributed by atoms with Gasteiger partial charge in [0.25, 0.3) is 0 Å². The predicted octanol–water partition coefficient (Wildman–Crippen LogP) is 18.2. The molecule has 0 radical (unpaired) electrons. The van der Waals surface area contributed by atoms with E-state index in [-0.39, 0.29) is 0 Å². The summed E-state index contributed by atoms with van der Waals surface area (Å²) < 4.78 is 66.8. The van der Waals surface area contributed by atoms with Crippen molar-refractivity contribution in [3.05, 3.63) is 132 Å². The molecular weight excluding hydrogens is 921 g/mol. The predicted molar refractivity (Wildman–Crippen MR) is 251 cm³/mol. The van der Waals surface area contributed by atoms with Crippen molar-refractivity contribution in [2.45, 2.75) is 0 Å². The van der Waals surface area contributed by atoms with Gasteiger partial charge in [-0.3, -0.25) is 0 Å². The smallest absolute Gasteiger partial charge is 0.190 e. The van der Waals surface area contributed by atoms with Crippen LogP contribution in [0, 0.1) is 0 Å².